The van der Waals surface area contributed by atoms with Crippen molar-refractivity contribution < 1.29 is 14.0 Å². The molecule has 0 radical (unpaired) electrons. The first-order valence-corrected chi connectivity index (χ1v) is 14.2. The summed E-state index contributed by atoms with van der Waals surface area (Å²) in [7, 11) is 1.68. The third-order valence-corrected chi connectivity index (χ3v) is 8.29. The number of aliphatic imine (C=N–C) groups is 1. The molecule has 2 heterocycles. The van der Waals surface area contributed by atoms with Crippen LogP contribution >= 0.6 is 11.6 Å². The van der Waals surface area contributed by atoms with Crippen LogP contribution < -0.4 is 4.90 Å². The van der Waals surface area contributed by atoms with Crippen LogP contribution in [0.15, 0.2) is 72.2 Å². The highest BCUT2D eigenvalue weighted by Crippen LogP contribution is 2.43. The highest BCUT2D eigenvalue weighted by atomic mass is 35.5. The number of anilines is 2. The number of carbonyl (C=O) groups excluding carboxylic acids is 2. The van der Waals surface area contributed by atoms with E-state index in [0.29, 0.717) is 42.8 Å². The molecule has 1 atom stereocenters. The number of benzene rings is 2. The molecule has 0 N–H and O–H groups in total. The van der Waals surface area contributed by atoms with Crippen molar-refractivity contribution in [3.8, 4) is 11.3 Å². The standard InChI is InChI=1S/C32H33ClFN5O2/c1-4-29(41)37-16-17-38(21(2)19-37)31(35-3)25-18-26(33)30(24-13-5-7-14-27(24)34)36-32(25)39(20-40)28-15-8-6-12-23(28)22-10-9-11-22/h4-8,12-15,18,20-22H,1,9-11,16-17,19H2,2-3H3/b35-31+. The van der Waals surface area contributed by atoms with E-state index in [0.717, 1.165) is 36.9 Å². The predicted octanol–water partition coefficient (Wildman–Crippen LogP) is 6.20. The minimum absolute atomic E-state index is 0.0869. The van der Waals surface area contributed by atoms with Crippen LogP contribution in [0, 0.1) is 5.82 Å². The van der Waals surface area contributed by atoms with Crippen molar-refractivity contribution in [1.82, 2.24) is 14.8 Å². The fourth-order valence-corrected chi connectivity index (χ4v) is 5.92. The van der Waals surface area contributed by atoms with E-state index in [1.807, 2.05) is 25.1 Å². The molecule has 1 saturated heterocycles. The second-order valence-corrected chi connectivity index (χ2v) is 10.8. The van der Waals surface area contributed by atoms with Crippen molar-refractivity contribution in [3.05, 3.63) is 89.2 Å². The quantitative estimate of drug-likeness (QED) is 0.146. The van der Waals surface area contributed by atoms with Gasteiger partial charge in [-0.2, -0.15) is 0 Å². The molecule has 5 rings (SSSR count). The number of piperazine rings is 1. The third-order valence-electron chi connectivity index (χ3n) is 8.00. The maximum absolute atomic E-state index is 15.0. The Morgan fingerprint density at radius 2 is 1.90 bits per heavy atom. The lowest BCUT2D eigenvalue weighted by atomic mass is 9.79. The molecule has 1 saturated carbocycles. The Balaban J connectivity index is 1.67. The van der Waals surface area contributed by atoms with E-state index in [1.54, 1.807) is 36.2 Å². The zero-order valence-electron chi connectivity index (χ0n) is 23.3. The second kappa shape index (κ2) is 12.2. The highest BCUT2D eigenvalue weighted by Gasteiger charge is 2.33. The molecule has 41 heavy (non-hydrogen) atoms. The van der Waals surface area contributed by atoms with Crippen LogP contribution in [0.3, 0.4) is 0 Å². The Bertz CT molecular complexity index is 1510. The molecule has 1 aliphatic heterocycles. The number of amidine groups is 1. The van der Waals surface area contributed by atoms with E-state index in [1.165, 1.54) is 17.0 Å². The number of aromatic nitrogens is 1. The highest BCUT2D eigenvalue weighted by molar-refractivity contribution is 6.33. The van der Waals surface area contributed by atoms with Crippen LogP contribution in [-0.2, 0) is 9.59 Å². The van der Waals surface area contributed by atoms with Gasteiger partial charge in [0.05, 0.1) is 22.0 Å². The molecule has 9 heteroatoms. The average molecular weight is 574 g/mol. The number of hydrogen-bond donors (Lipinski definition) is 0. The third kappa shape index (κ3) is 5.48. The average Bonchev–Trinajstić information content (AvgIpc) is 2.95. The fourth-order valence-electron chi connectivity index (χ4n) is 5.67. The van der Waals surface area contributed by atoms with Gasteiger partial charge in [-0.25, -0.2) is 9.37 Å². The van der Waals surface area contributed by atoms with Gasteiger partial charge in [-0.05, 0) is 61.6 Å². The summed E-state index contributed by atoms with van der Waals surface area (Å²) in [6.07, 6.45) is 5.32. The lowest BCUT2D eigenvalue weighted by Crippen LogP contribution is -2.55. The molecule has 212 valence electrons. The summed E-state index contributed by atoms with van der Waals surface area (Å²) >= 11 is 6.80. The van der Waals surface area contributed by atoms with Crippen LogP contribution in [-0.4, -0.2) is 65.7 Å². The first-order valence-electron chi connectivity index (χ1n) is 13.8. The van der Waals surface area contributed by atoms with Crippen molar-refractivity contribution in [3.63, 3.8) is 0 Å². The Kier molecular flexibility index (Phi) is 8.49. The van der Waals surface area contributed by atoms with Crippen molar-refractivity contribution in [2.45, 2.75) is 38.1 Å². The number of para-hydroxylation sites is 1. The van der Waals surface area contributed by atoms with Gasteiger partial charge < -0.3 is 9.80 Å². The van der Waals surface area contributed by atoms with Gasteiger partial charge in [0.1, 0.15) is 11.7 Å². The normalized spacial score (nSPS) is 17.7. The largest absolute Gasteiger partial charge is 0.350 e. The number of hydrogen-bond acceptors (Lipinski definition) is 4. The van der Waals surface area contributed by atoms with E-state index in [9.17, 15) is 14.0 Å². The number of halogens is 2. The van der Waals surface area contributed by atoms with E-state index >= 15 is 0 Å². The number of rotatable bonds is 7. The van der Waals surface area contributed by atoms with Crippen LogP contribution in [0.25, 0.3) is 11.3 Å². The Hall–Kier alpha value is -4.04. The van der Waals surface area contributed by atoms with Gasteiger partial charge in [-0.15, -0.1) is 0 Å². The Morgan fingerprint density at radius 1 is 1.17 bits per heavy atom. The Morgan fingerprint density at radius 3 is 2.54 bits per heavy atom. The smallest absolute Gasteiger partial charge is 0.246 e. The van der Waals surface area contributed by atoms with Crippen LogP contribution in [0.4, 0.5) is 15.9 Å². The zero-order chi connectivity index (χ0) is 29.1. The first kappa shape index (κ1) is 28.5. The molecule has 2 aromatic carbocycles. The summed E-state index contributed by atoms with van der Waals surface area (Å²) in [5, 5.41) is 0.237. The fraction of sp³-hybridized carbons (Fsp3) is 0.312. The topological polar surface area (TPSA) is 69.1 Å². The minimum atomic E-state index is -0.464. The number of carbonyl (C=O) groups is 2. The number of amides is 2. The summed E-state index contributed by atoms with van der Waals surface area (Å²) in [6.45, 7) is 7.10. The van der Waals surface area contributed by atoms with E-state index in [-0.39, 0.29) is 28.2 Å². The van der Waals surface area contributed by atoms with E-state index in [4.69, 9.17) is 16.6 Å². The molecular formula is C32H33ClFN5O2. The molecular weight excluding hydrogens is 541 g/mol. The second-order valence-electron chi connectivity index (χ2n) is 10.4. The summed E-state index contributed by atoms with van der Waals surface area (Å²) in [6, 6.07) is 15.8. The molecule has 0 spiro atoms. The summed E-state index contributed by atoms with van der Waals surface area (Å²) in [5.74, 6) is 0.665. The van der Waals surface area contributed by atoms with E-state index in [2.05, 4.69) is 22.5 Å². The molecule has 2 fully saturated rings. The minimum Gasteiger partial charge on any atom is -0.350 e. The van der Waals surface area contributed by atoms with Gasteiger partial charge >= 0.3 is 0 Å². The van der Waals surface area contributed by atoms with Gasteiger partial charge in [0.2, 0.25) is 12.3 Å². The molecule has 2 amide bonds. The van der Waals surface area contributed by atoms with Gasteiger partial charge in [0.25, 0.3) is 0 Å². The summed E-state index contributed by atoms with van der Waals surface area (Å²) < 4.78 is 15.0. The van der Waals surface area contributed by atoms with Gasteiger partial charge in [-0.3, -0.25) is 19.5 Å². The van der Waals surface area contributed by atoms with Gasteiger partial charge in [0, 0.05) is 38.3 Å². The number of nitrogens with zero attached hydrogens (tertiary/aromatic N) is 5. The molecule has 1 aliphatic carbocycles. The van der Waals surface area contributed by atoms with Gasteiger partial charge in [-0.1, -0.05) is 54.9 Å². The lowest BCUT2D eigenvalue weighted by Gasteiger charge is -2.41. The summed E-state index contributed by atoms with van der Waals surface area (Å²) in [5.41, 5.74) is 2.82. The lowest BCUT2D eigenvalue weighted by molar-refractivity contribution is -0.128. The molecule has 3 aromatic rings. The Labute approximate surface area is 245 Å². The van der Waals surface area contributed by atoms with Crippen molar-refractivity contribution in [1.29, 1.82) is 0 Å². The van der Waals surface area contributed by atoms with Crippen LogP contribution in [0.2, 0.25) is 5.02 Å². The molecule has 0 bridgehead atoms. The maximum Gasteiger partial charge on any atom is 0.246 e. The molecule has 1 aromatic heterocycles. The first-order chi connectivity index (χ1) is 19.9. The molecule has 1 unspecified atom stereocenters. The van der Waals surface area contributed by atoms with Gasteiger partial charge in [0.15, 0.2) is 5.82 Å². The monoisotopic (exact) mass is 573 g/mol. The molecule has 2 aliphatic rings. The van der Waals surface area contributed by atoms with Crippen molar-refractivity contribution >= 4 is 41.3 Å². The van der Waals surface area contributed by atoms with Crippen LogP contribution in [0.5, 0.6) is 0 Å². The SMILES string of the molecule is C=CC(=O)N1CCN(/C(=N/C)c2cc(Cl)c(-c3ccccc3F)nc2N(C=O)c2ccccc2C2CCC2)C(C)C1. The van der Waals surface area contributed by atoms with E-state index < -0.39 is 5.82 Å². The summed E-state index contributed by atoms with van der Waals surface area (Å²) in [4.78, 5) is 40.1. The molecule has 7 nitrogen and oxygen atoms in total. The zero-order valence-corrected chi connectivity index (χ0v) is 24.0. The van der Waals surface area contributed by atoms with Crippen LogP contribution in [0.1, 0.15) is 43.2 Å². The van der Waals surface area contributed by atoms with Crippen molar-refractivity contribution in [2.24, 2.45) is 4.99 Å². The predicted molar refractivity (Wildman–Crippen MR) is 161 cm³/mol. The maximum atomic E-state index is 15.0. The number of pyridine rings is 1. The van der Waals surface area contributed by atoms with Crippen molar-refractivity contribution in [2.75, 3.05) is 31.6 Å².